The van der Waals surface area contributed by atoms with Gasteiger partial charge in [-0.2, -0.15) is 0 Å². The molecule has 0 saturated carbocycles. The van der Waals surface area contributed by atoms with Crippen LogP contribution in [0.25, 0.3) is 85.2 Å². The van der Waals surface area contributed by atoms with Gasteiger partial charge in [-0.05, 0) is 89.0 Å². The van der Waals surface area contributed by atoms with Crippen LogP contribution in [0.2, 0.25) is 0 Å². The van der Waals surface area contributed by atoms with Crippen LogP contribution < -0.4 is 4.90 Å². The fraction of sp³-hybridized carbons (Fsp3) is 0. The molecule has 0 aliphatic rings. The molecule has 8 aromatic carbocycles. The Labute approximate surface area is 319 Å². The van der Waals surface area contributed by atoms with Gasteiger partial charge >= 0.3 is 0 Å². The van der Waals surface area contributed by atoms with E-state index in [0.29, 0.717) is 0 Å². The third-order valence-corrected chi connectivity index (χ3v) is 12.6. The molecule has 0 amide bonds. The molecule has 0 saturated heterocycles. The molecule has 11 aromatic rings. The monoisotopic (exact) mass is 726 g/mol. The molecule has 3 aromatic heterocycles. The van der Waals surface area contributed by atoms with E-state index >= 15 is 0 Å². The number of anilines is 3. The summed E-state index contributed by atoms with van der Waals surface area (Å²) in [6.45, 7) is 0. The molecular formula is C49H30N2OS2. The molecule has 3 heterocycles. The van der Waals surface area contributed by atoms with Crippen LogP contribution in [0.15, 0.2) is 186 Å². The van der Waals surface area contributed by atoms with Crippen molar-refractivity contribution >= 4 is 92.1 Å². The van der Waals surface area contributed by atoms with Gasteiger partial charge in [-0.1, -0.05) is 115 Å². The van der Waals surface area contributed by atoms with Crippen molar-refractivity contribution in [2.45, 2.75) is 0 Å². The lowest BCUT2D eigenvalue weighted by Gasteiger charge is -2.26. The van der Waals surface area contributed by atoms with Crippen molar-refractivity contribution in [3.63, 3.8) is 0 Å². The van der Waals surface area contributed by atoms with Gasteiger partial charge in [-0.25, -0.2) is 4.98 Å². The number of thiophene rings is 1. The predicted octanol–water partition coefficient (Wildman–Crippen LogP) is 15.0. The zero-order valence-corrected chi connectivity index (χ0v) is 30.6. The maximum absolute atomic E-state index is 6.34. The summed E-state index contributed by atoms with van der Waals surface area (Å²) in [4.78, 5) is 7.45. The maximum atomic E-state index is 6.34. The topological polar surface area (TPSA) is 29.3 Å². The molecule has 0 fully saturated rings. The number of benzene rings is 8. The lowest BCUT2D eigenvalue weighted by atomic mass is 10.0. The average Bonchev–Trinajstić information content (AvgIpc) is 3.95. The lowest BCUT2D eigenvalue weighted by Crippen LogP contribution is -2.09. The molecule has 254 valence electrons. The van der Waals surface area contributed by atoms with E-state index in [-0.39, 0.29) is 0 Å². The minimum atomic E-state index is 0.861. The Morgan fingerprint density at radius 2 is 1.07 bits per heavy atom. The SMILES string of the molecule is c1ccc(-c2nc3c(ccc4oc5ccc(-c6ccc(N(c7ccccc7)c7ccc(-c8cccc9c8sc8ccccc89)cc7)cc6)cc5c43)s2)cc1. The number of fused-ring (bicyclic) bond motifs is 8. The van der Waals surface area contributed by atoms with Crippen LogP contribution in [0.3, 0.4) is 0 Å². The Bertz CT molecular complexity index is 3140. The lowest BCUT2D eigenvalue weighted by molar-refractivity contribution is 0.669. The van der Waals surface area contributed by atoms with Crippen molar-refractivity contribution in [1.82, 2.24) is 4.98 Å². The molecule has 54 heavy (non-hydrogen) atoms. The largest absolute Gasteiger partial charge is 0.456 e. The van der Waals surface area contributed by atoms with E-state index in [2.05, 4.69) is 181 Å². The van der Waals surface area contributed by atoms with Crippen LogP contribution in [-0.4, -0.2) is 4.98 Å². The zero-order valence-electron chi connectivity index (χ0n) is 28.9. The summed E-state index contributed by atoms with van der Waals surface area (Å²) >= 11 is 3.59. The van der Waals surface area contributed by atoms with Gasteiger partial charge in [0.1, 0.15) is 16.2 Å². The highest BCUT2D eigenvalue weighted by molar-refractivity contribution is 7.26. The van der Waals surface area contributed by atoms with Gasteiger partial charge in [0.05, 0.1) is 15.6 Å². The fourth-order valence-electron chi connectivity index (χ4n) is 7.73. The Morgan fingerprint density at radius 1 is 0.426 bits per heavy atom. The van der Waals surface area contributed by atoms with E-state index in [0.717, 1.165) is 70.9 Å². The first kappa shape index (κ1) is 31.0. The smallest absolute Gasteiger partial charge is 0.137 e. The van der Waals surface area contributed by atoms with Crippen LogP contribution in [-0.2, 0) is 0 Å². The Morgan fingerprint density at radius 3 is 1.87 bits per heavy atom. The van der Waals surface area contributed by atoms with Crippen LogP contribution in [0.1, 0.15) is 0 Å². The third-order valence-electron chi connectivity index (χ3n) is 10.3. The minimum Gasteiger partial charge on any atom is -0.456 e. The molecular weight excluding hydrogens is 697 g/mol. The van der Waals surface area contributed by atoms with E-state index in [1.165, 1.54) is 31.3 Å². The molecule has 0 unspecified atom stereocenters. The summed E-state index contributed by atoms with van der Waals surface area (Å²) < 4.78 is 10.2. The summed E-state index contributed by atoms with van der Waals surface area (Å²) in [7, 11) is 0. The van der Waals surface area contributed by atoms with Crippen molar-refractivity contribution < 1.29 is 4.42 Å². The van der Waals surface area contributed by atoms with Crippen LogP contribution in [0.4, 0.5) is 17.1 Å². The fourth-order valence-corrected chi connectivity index (χ4v) is 9.95. The Hall–Kier alpha value is -6.53. The number of hydrogen-bond donors (Lipinski definition) is 0. The number of rotatable bonds is 6. The number of hydrogen-bond acceptors (Lipinski definition) is 5. The van der Waals surface area contributed by atoms with Gasteiger partial charge in [0.2, 0.25) is 0 Å². The molecule has 0 radical (unpaired) electrons. The Kier molecular flexibility index (Phi) is 7.22. The number of aromatic nitrogens is 1. The highest BCUT2D eigenvalue weighted by Gasteiger charge is 2.18. The highest BCUT2D eigenvalue weighted by atomic mass is 32.1. The first-order chi connectivity index (χ1) is 26.7. The maximum Gasteiger partial charge on any atom is 0.137 e. The molecule has 0 N–H and O–H groups in total. The quantitative estimate of drug-likeness (QED) is 0.171. The van der Waals surface area contributed by atoms with Gasteiger partial charge in [0.25, 0.3) is 0 Å². The van der Waals surface area contributed by atoms with Gasteiger partial charge in [0.15, 0.2) is 0 Å². The predicted molar refractivity (Wildman–Crippen MR) is 231 cm³/mol. The molecule has 0 bridgehead atoms. The van der Waals surface area contributed by atoms with E-state index in [1.54, 1.807) is 11.3 Å². The first-order valence-corrected chi connectivity index (χ1v) is 19.7. The van der Waals surface area contributed by atoms with Gasteiger partial charge < -0.3 is 9.32 Å². The van der Waals surface area contributed by atoms with Crippen molar-refractivity contribution in [2.24, 2.45) is 0 Å². The van der Waals surface area contributed by atoms with E-state index < -0.39 is 0 Å². The molecule has 3 nitrogen and oxygen atoms in total. The molecule has 5 heteroatoms. The molecule has 0 spiro atoms. The second-order valence-electron chi connectivity index (χ2n) is 13.5. The van der Waals surface area contributed by atoms with Crippen LogP contribution >= 0.6 is 22.7 Å². The van der Waals surface area contributed by atoms with E-state index in [9.17, 15) is 0 Å². The summed E-state index contributed by atoms with van der Waals surface area (Å²) in [6, 6.07) is 64.9. The number of furan rings is 1. The first-order valence-electron chi connectivity index (χ1n) is 18.0. The molecule has 11 rings (SSSR count). The molecule has 0 aliphatic heterocycles. The summed E-state index contributed by atoms with van der Waals surface area (Å²) in [6.07, 6.45) is 0. The summed E-state index contributed by atoms with van der Waals surface area (Å²) in [5, 5.41) is 5.81. The summed E-state index contributed by atoms with van der Waals surface area (Å²) in [5.74, 6) is 0. The van der Waals surface area contributed by atoms with Crippen molar-refractivity contribution in [2.75, 3.05) is 4.90 Å². The Balaban J connectivity index is 0.958. The van der Waals surface area contributed by atoms with Crippen LogP contribution in [0.5, 0.6) is 0 Å². The van der Waals surface area contributed by atoms with Gasteiger partial charge in [-0.3, -0.25) is 0 Å². The summed E-state index contributed by atoms with van der Waals surface area (Å²) in [5.41, 5.74) is 11.9. The normalized spacial score (nSPS) is 11.7. The number of nitrogens with zero attached hydrogens (tertiary/aromatic N) is 2. The van der Waals surface area contributed by atoms with Gasteiger partial charge in [0, 0.05) is 48.2 Å². The van der Waals surface area contributed by atoms with Crippen molar-refractivity contribution in [3.8, 4) is 32.8 Å². The third kappa shape index (κ3) is 5.12. The molecule has 0 atom stereocenters. The second kappa shape index (κ2) is 12.6. The van der Waals surface area contributed by atoms with Crippen molar-refractivity contribution in [1.29, 1.82) is 0 Å². The van der Waals surface area contributed by atoms with E-state index in [1.807, 2.05) is 17.4 Å². The number of para-hydroxylation sites is 1. The second-order valence-corrected chi connectivity index (χ2v) is 15.6. The van der Waals surface area contributed by atoms with E-state index in [4.69, 9.17) is 9.40 Å². The average molecular weight is 727 g/mol. The van der Waals surface area contributed by atoms with Crippen molar-refractivity contribution in [3.05, 3.63) is 182 Å². The molecule has 0 aliphatic carbocycles. The highest BCUT2D eigenvalue weighted by Crippen LogP contribution is 2.43. The number of thiazole rings is 1. The van der Waals surface area contributed by atoms with Crippen LogP contribution in [0, 0.1) is 0 Å². The standard InChI is InChI=1S/C49H30N2OS2/c1-3-10-33(11-4-1)49-50-47-45(54-49)29-28-43-46(47)41-30-34(22-27-42(41)52-43)31-18-23-36(24-19-31)51(35-12-5-2-6-13-35)37-25-20-32(21-26-37)38-15-9-16-40-39-14-7-8-17-44(39)53-48(38)40/h1-30H. The van der Waals surface area contributed by atoms with Gasteiger partial charge in [-0.15, -0.1) is 22.7 Å². The zero-order chi connectivity index (χ0) is 35.6. The minimum absolute atomic E-state index is 0.861.